The van der Waals surface area contributed by atoms with Gasteiger partial charge in [0.2, 0.25) is 0 Å². The molecule has 0 amide bonds. The van der Waals surface area contributed by atoms with E-state index in [1.54, 1.807) is 0 Å². The topological polar surface area (TPSA) is 9.86 Å². The maximum Gasteiger partial charge on any atom is 0.179 e. The second-order valence-electron chi connectivity index (χ2n) is 16.5. The van der Waals surface area contributed by atoms with Crippen molar-refractivity contribution in [2.75, 3.05) is 0 Å². The normalized spacial score (nSPS) is 11.8. The molecular formula is C60H42N2Si. The van der Waals surface area contributed by atoms with Crippen LogP contribution >= 0.6 is 0 Å². The fourth-order valence-electron chi connectivity index (χ4n) is 10.3. The molecule has 0 fully saturated rings. The van der Waals surface area contributed by atoms with E-state index >= 15 is 0 Å². The molecule has 0 saturated carbocycles. The summed E-state index contributed by atoms with van der Waals surface area (Å²) < 4.78 is 4.91. The summed E-state index contributed by atoms with van der Waals surface area (Å²) >= 11 is 0. The van der Waals surface area contributed by atoms with E-state index in [1.807, 2.05) is 0 Å². The maximum atomic E-state index is 2.46. The van der Waals surface area contributed by atoms with Gasteiger partial charge in [0.15, 0.2) is 8.07 Å². The third-order valence-corrected chi connectivity index (χ3v) is 17.9. The van der Waals surface area contributed by atoms with Gasteiger partial charge in [0.1, 0.15) is 0 Å². The SMILES string of the molecule is c1ccc(-c2cccc(-n3c4ccccc4c4cccc(-c5ccc6c(c5)c5ccccc5n6-c5ccc([Si](c6ccccc6)(c6ccccc6)c6ccccc6)cc5)c43)c2)cc1. The first kappa shape index (κ1) is 36.8. The van der Waals surface area contributed by atoms with Crippen LogP contribution in [-0.4, -0.2) is 17.2 Å². The molecule has 0 bridgehead atoms. The Labute approximate surface area is 368 Å². The summed E-state index contributed by atoms with van der Waals surface area (Å²) in [5.41, 5.74) is 11.9. The summed E-state index contributed by atoms with van der Waals surface area (Å²) in [7, 11) is -2.66. The first-order chi connectivity index (χ1) is 31.3. The zero-order chi connectivity index (χ0) is 41.7. The molecule has 0 spiro atoms. The molecule has 0 radical (unpaired) electrons. The second kappa shape index (κ2) is 15.2. The molecular weight excluding hydrogens is 777 g/mol. The highest BCUT2D eigenvalue weighted by molar-refractivity contribution is 7.19. The van der Waals surface area contributed by atoms with Crippen molar-refractivity contribution in [1.29, 1.82) is 0 Å². The molecule has 0 atom stereocenters. The summed E-state index contributed by atoms with van der Waals surface area (Å²) in [5, 5.41) is 10.4. The lowest BCUT2D eigenvalue weighted by atomic mass is 9.99. The van der Waals surface area contributed by atoms with Gasteiger partial charge in [0.05, 0.1) is 22.1 Å². The molecule has 296 valence electrons. The van der Waals surface area contributed by atoms with Gasteiger partial charge < -0.3 is 9.13 Å². The van der Waals surface area contributed by atoms with Crippen LogP contribution in [0.5, 0.6) is 0 Å². The van der Waals surface area contributed by atoms with Crippen LogP contribution in [0.3, 0.4) is 0 Å². The highest BCUT2D eigenvalue weighted by Crippen LogP contribution is 2.41. The van der Waals surface area contributed by atoms with Crippen molar-refractivity contribution in [3.8, 4) is 33.6 Å². The zero-order valence-electron chi connectivity index (χ0n) is 34.6. The molecule has 3 heteroatoms. The van der Waals surface area contributed by atoms with Crippen molar-refractivity contribution >= 4 is 72.4 Å². The Morgan fingerprint density at radius 3 is 1.37 bits per heavy atom. The van der Waals surface area contributed by atoms with Gasteiger partial charge in [0.25, 0.3) is 0 Å². The van der Waals surface area contributed by atoms with Gasteiger partial charge in [-0.15, -0.1) is 0 Å². The molecule has 10 aromatic carbocycles. The largest absolute Gasteiger partial charge is 0.309 e. The summed E-state index contributed by atoms with van der Waals surface area (Å²) in [4.78, 5) is 0. The molecule has 0 unspecified atom stereocenters. The van der Waals surface area contributed by atoms with Crippen molar-refractivity contribution in [2.45, 2.75) is 0 Å². The molecule has 2 heterocycles. The lowest BCUT2D eigenvalue weighted by molar-refractivity contribution is 1.18. The minimum atomic E-state index is -2.66. The lowest BCUT2D eigenvalue weighted by Gasteiger charge is -2.34. The second-order valence-corrected chi connectivity index (χ2v) is 20.3. The van der Waals surface area contributed by atoms with Crippen molar-refractivity contribution in [3.63, 3.8) is 0 Å². The van der Waals surface area contributed by atoms with Gasteiger partial charge in [0, 0.05) is 38.5 Å². The highest BCUT2D eigenvalue weighted by Gasteiger charge is 2.41. The summed E-state index contributed by atoms with van der Waals surface area (Å²) in [6, 6.07) is 94.1. The first-order valence-corrected chi connectivity index (χ1v) is 23.8. The molecule has 0 aliphatic rings. The molecule has 0 aliphatic heterocycles. The molecule has 0 N–H and O–H groups in total. The molecule has 0 aliphatic carbocycles. The van der Waals surface area contributed by atoms with Crippen LogP contribution in [0.25, 0.3) is 77.2 Å². The fraction of sp³-hybridized carbons (Fsp3) is 0. The van der Waals surface area contributed by atoms with Gasteiger partial charge in [-0.1, -0.05) is 206 Å². The van der Waals surface area contributed by atoms with Crippen LogP contribution in [0.1, 0.15) is 0 Å². The van der Waals surface area contributed by atoms with Crippen molar-refractivity contribution in [1.82, 2.24) is 9.13 Å². The van der Waals surface area contributed by atoms with E-state index in [9.17, 15) is 0 Å². The van der Waals surface area contributed by atoms with E-state index in [0.29, 0.717) is 0 Å². The van der Waals surface area contributed by atoms with E-state index in [4.69, 9.17) is 0 Å². The summed E-state index contributed by atoms with van der Waals surface area (Å²) in [6.07, 6.45) is 0. The van der Waals surface area contributed by atoms with Gasteiger partial charge in [-0.25, -0.2) is 0 Å². The molecule has 12 rings (SSSR count). The van der Waals surface area contributed by atoms with Crippen LogP contribution in [-0.2, 0) is 0 Å². The third kappa shape index (κ3) is 5.93. The number of fused-ring (bicyclic) bond motifs is 6. The van der Waals surface area contributed by atoms with E-state index in [2.05, 4.69) is 264 Å². The summed E-state index contributed by atoms with van der Waals surface area (Å²) in [5.74, 6) is 0. The quantitative estimate of drug-likeness (QED) is 0.107. The minimum Gasteiger partial charge on any atom is -0.309 e. The Balaban J connectivity index is 1.03. The number of aromatic nitrogens is 2. The highest BCUT2D eigenvalue weighted by atomic mass is 28.3. The first-order valence-electron chi connectivity index (χ1n) is 21.8. The average molecular weight is 819 g/mol. The Morgan fingerprint density at radius 2 is 0.730 bits per heavy atom. The maximum absolute atomic E-state index is 2.66. The van der Waals surface area contributed by atoms with Crippen molar-refractivity contribution < 1.29 is 0 Å². The molecule has 63 heavy (non-hydrogen) atoms. The monoisotopic (exact) mass is 818 g/mol. The van der Waals surface area contributed by atoms with E-state index in [1.165, 1.54) is 86.6 Å². The predicted octanol–water partition coefficient (Wildman–Crippen LogP) is 12.6. The number of rotatable bonds is 8. The average Bonchev–Trinajstić information content (AvgIpc) is 3.89. The van der Waals surface area contributed by atoms with Crippen LogP contribution < -0.4 is 20.7 Å². The van der Waals surface area contributed by atoms with Crippen molar-refractivity contribution in [3.05, 3.63) is 255 Å². The van der Waals surface area contributed by atoms with E-state index < -0.39 is 8.07 Å². The number of para-hydroxylation sites is 3. The van der Waals surface area contributed by atoms with Crippen LogP contribution in [0.15, 0.2) is 255 Å². The smallest absolute Gasteiger partial charge is 0.179 e. The van der Waals surface area contributed by atoms with E-state index in [-0.39, 0.29) is 0 Å². The number of hydrogen-bond donors (Lipinski definition) is 0. The van der Waals surface area contributed by atoms with Crippen molar-refractivity contribution in [2.24, 2.45) is 0 Å². The fourth-order valence-corrected chi connectivity index (χ4v) is 15.1. The Kier molecular flexibility index (Phi) is 8.87. The standard InChI is InChI=1S/C60H42N2Si/c1-5-19-43(20-6-1)44-21-17-22-47(41-44)62-58-34-16-13-29-53(58)55-32-18-31-52(60(55)62)45-35-40-59-56(42-45)54-30-14-15-33-57(54)61(59)46-36-38-51(39-37-46)63(48-23-7-2-8-24-48,49-25-9-3-10-26-49)50-27-11-4-12-28-50/h1-42H. The summed E-state index contributed by atoms with van der Waals surface area (Å²) in [6.45, 7) is 0. The van der Waals surface area contributed by atoms with Gasteiger partial charge >= 0.3 is 0 Å². The molecule has 12 aromatic rings. The Hall–Kier alpha value is -7.98. The number of hydrogen-bond acceptors (Lipinski definition) is 0. The van der Waals surface area contributed by atoms with E-state index in [0.717, 1.165) is 11.4 Å². The zero-order valence-corrected chi connectivity index (χ0v) is 35.6. The Bertz CT molecular complexity index is 3490. The van der Waals surface area contributed by atoms with Gasteiger partial charge in [-0.05, 0) is 86.0 Å². The lowest BCUT2D eigenvalue weighted by Crippen LogP contribution is -2.74. The molecule has 2 nitrogen and oxygen atoms in total. The number of benzene rings is 10. The van der Waals surface area contributed by atoms with Crippen LogP contribution in [0.2, 0.25) is 0 Å². The van der Waals surface area contributed by atoms with Crippen LogP contribution in [0, 0.1) is 0 Å². The minimum absolute atomic E-state index is 1.15. The van der Waals surface area contributed by atoms with Gasteiger partial charge in [-0.3, -0.25) is 0 Å². The number of nitrogens with zero attached hydrogens (tertiary/aromatic N) is 2. The Morgan fingerprint density at radius 1 is 0.254 bits per heavy atom. The molecule has 2 aromatic heterocycles. The third-order valence-electron chi connectivity index (χ3n) is 13.1. The predicted molar refractivity (Wildman–Crippen MR) is 270 cm³/mol. The van der Waals surface area contributed by atoms with Crippen LogP contribution in [0.4, 0.5) is 0 Å². The molecule has 0 saturated heterocycles. The van der Waals surface area contributed by atoms with Gasteiger partial charge in [-0.2, -0.15) is 0 Å².